The average Bonchev–Trinajstić information content (AvgIpc) is 2.17. The van der Waals surface area contributed by atoms with Crippen molar-refractivity contribution >= 4 is 5.97 Å². The van der Waals surface area contributed by atoms with Gasteiger partial charge in [0, 0.05) is 5.56 Å². The molecule has 18 heavy (non-hydrogen) atoms. The van der Waals surface area contributed by atoms with Gasteiger partial charge < -0.3 is 10.2 Å². The van der Waals surface area contributed by atoms with Crippen LogP contribution in [0.15, 0.2) is 6.07 Å². The van der Waals surface area contributed by atoms with Crippen LogP contribution in [0.25, 0.3) is 0 Å². The number of nitrogens with zero attached hydrogens (tertiary/aromatic N) is 1. The molecular weight excluding hydrogens is 265 g/mol. The average molecular weight is 271 g/mol. The predicted octanol–water partition coefficient (Wildman–Crippen LogP) is 2.37. The number of aromatic hydroxyl groups is 1. The molecular formula is C9H6F5NO3. The molecule has 0 fully saturated rings. The first-order valence-electron chi connectivity index (χ1n) is 4.43. The van der Waals surface area contributed by atoms with Gasteiger partial charge in [-0.05, 0) is 6.07 Å². The molecule has 9 heteroatoms. The zero-order valence-electron chi connectivity index (χ0n) is 8.50. The number of halogens is 5. The molecule has 0 aliphatic carbocycles. The summed E-state index contributed by atoms with van der Waals surface area (Å²) in [6.07, 6.45) is -9.39. The van der Waals surface area contributed by atoms with Crippen LogP contribution in [0.1, 0.15) is 23.4 Å². The summed E-state index contributed by atoms with van der Waals surface area (Å²) in [5, 5.41) is 17.4. The third-order valence-electron chi connectivity index (χ3n) is 1.94. The van der Waals surface area contributed by atoms with Crippen LogP contribution in [-0.4, -0.2) is 21.2 Å². The van der Waals surface area contributed by atoms with Crippen LogP contribution in [0, 0.1) is 0 Å². The van der Waals surface area contributed by atoms with Crippen molar-refractivity contribution in [3.8, 4) is 5.75 Å². The van der Waals surface area contributed by atoms with Gasteiger partial charge in [-0.3, -0.25) is 4.79 Å². The molecule has 0 radical (unpaired) electrons. The first-order chi connectivity index (χ1) is 8.12. The van der Waals surface area contributed by atoms with Crippen molar-refractivity contribution in [2.24, 2.45) is 0 Å². The monoisotopic (exact) mass is 271 g/mol. The van der Waals surface area contributed by atoms with Crippen molar-refractivity contribution in [2.45, 2.75) is 19.0 Å². The highest BCUT2D eigenvalue weighted by atomic mass is 19.4. The molecule has 0 atom stereocenters. The number of alkyl halides is 5. The summed E-state index contributed by atoms with van der Waals surface area (Å²) in [6, 6.07) is 0.179. The van der Waals surface area contributed by atoms with E-state index >= 15 is 0 Å². The summed E-state index contributed by atoms with van der Waals surface area (Å²) in [7, 11) is 0. The van der Waals surface area contributed by atoms with Gasteiger partial charge in [0.1, 0.15) is 5.75 Å². The van der Waals surface area contributed by atoms with Crippen LogP contribution in [0.5, 0.6) is 5.75 Å². The molecule has 100 valence electrons. The SMILES string of the molecule is O=C(O)Cc1nc(C(F)(F)F)c(O)cc1C(F)F. The number of aliphatic carboxylic acids is 1. The minimum Gasteiger partial charge on any atom is -0.506 e. The Morgan fingerprint density at radius 3 is 2.33 bits per heavy atom. The Balaban J connectivity index is 3.40. The quantitative estimate of drug-likeness (QED) is 0.828. The lowest BCUT2D eigenvalue weighted by Crippen LogP contribution is -2.14. The largest absolute Gasteiger partial charge is 0.506 e. The first kappa shape index (κ1) is 14.1. The van der Waals surface area contributed by atoms with Gasteiger partial charge >= 0.3 is 12.1 Å². The first-order valence-corrected chi connectivity index (χ1v) is 4.43. The highest BCUT2D eigenvalue weighted by molar-refractivity contribution is 5.70. The Kier molecular flexibility index (Phi) is 3.73. The summed E-state index contributed by atoms with van der Waals surface area (Å²) in [5.41, 5.74) is -3.76. The number of hydrogen-bond donors (Lipinski definition) is 2. The zero-order chi connectivity index (χ0) is 14.1. The molecule has 1 heterocycles. The normalized spacial score (nSPS) is 11.9. The number of rotatable bonds is 3. The Bertz CT molecular complexity index is 472. The highest BCUT2D eigenvalue weighted by Crippen LogP contribution is 2.37. The fourth-order valence-corrected chi connectivity index (χ4v) is 1.24. The second-order valence-electron chi connectivity index (χ2n) is 3.26. The summed E-state index contributed by atoms with van der Waals surface area (Å²) in [5.74, 6) is -3.07. The van der Waals surface area contributed by atoms with Crippen LogP contribution in [0.4, 0.5) is 22.0 Å². The van der Waals surface area contributed by atoms with Crippen LogP contribution in [0.2, 0.25) is 0 Å². The minimum absolute atomic E-state index is 0.179. The van der Waals surface area contributed by atoms with E-state index in [2.05, 4.69) is 4.98 Å². The number of pyridine rings is 1. The topological polar surface area (TPSA) is 70.4 Å². The number of aromatic nitrogens is 1. The van der Waals surface area contributed by atoms with E-state index in [0.717, 1.165) is 0 Å². The lowest BCUT2D eigenvalue weighted by atomic mass is 10.1. The van der Waals surface area contributed by atoms with Crippen molar-refractivity contribution in [3.63, 3.8) is 0 Å². The molecule has 1 aromatic heterocycles. The maximum absolute atomic E-state index is 12.5. The van der Waals surface area contributed by atoms with Crippen molar-refractivity contribution in [3.05, 3.63) is 23.0 Å². The fraction of sp³-hybridized carbons (Fsp3) is 0.333. The van der Waals surface area contributed by atoms with Crippen LogP contribution < -0.4 is 0 Å². The third-order valence-corrected chi connectivity index (χ3v) is 1.94. The fourth-order valence-electron chi connectivity index (χ4n) is 1.24. The van der Waals surface area contributed by atoms with E-state index in [1.165, 1.54) is 0 Å². The lowest BCUT2D eigenvalue weighted by Gasteiger charge is -2.12. The molecule has 0 spiro atoms. The summed E-state index contributed by atoms with van der Waals surface area (Å²) >= 11 is 0. The van der Waals surface area contributed by atoms with Gasteiger partial charge in [0.2, 0.25) is 0 Å². The summed E-state index contributed by atoms with van der Waals surface area (Å²) in [6.45, 7) is 0. The highest BCUT2D eigenvalue weighted by Gasteiger charge is 2.37. The second-order valence-corrected chi connectivity index (χ2v) is 3.26. The van der Waals surface area contributed by atoms with Gasteiger partial charge in [-0.2, -0.15) is 13.2 Å². The van der Waals surface area contributed by atoms with Crippen molar-refractivity contribution < 1.29 is 37.0 Å². The predicted molar refractivity (Wildman–Crippen MR) is 47.2 cm³/mol. The van der Waals surface area contributed by atoms with Gasteiger partial charge in [-0.1, -0.05) is 0 Å². The van der Waals surface area contributed by atoms with Crippen LogP contribution in [-0.2, 0) is 17.4 Å². The van der Waals surface area contributed by atoms with Crippen molar-refractivity contribution in [1.82, 2.24) is 4.98 Å². The van der Waals surface area contributed by atoms with E-state index in [9.17, 15) is 26.7 Å². The number of carbonyl (C=O) groups is 1. The lowest BCUT2D eigenvalue weighted by molar-refractivity contribution is -0.143. The van der Waals surface area contributed by atoms with Crippen LogP contribution in [0.3, 0.4) is 0 Å². The van der Waals surface area contributed by atoms with E-state index in [0.29, 0.717) is 0 Å². The van der Waals surface area contributed by atoms with Gasteiger partial charge in [-0.15, -0.1) is 0 Å². The zero-order valence-corrected chi connectivity index (χ0v) is 8.50. The molecule has 0 saturated carbocycles. The molecule has 0 bridgehead atoms. The van der Waals surface area contributed by atoms with E-state index < -0.39 is 47.7 Å². The third kappa shape index (κ3) is 3.05. The Morgan fingerprint density at radius 1 is 1.39 bits per heavy atom. The summed E-state index contributed by atoms with van der Waals surface area (Å²) in [4.78, 5) is 13.1. The molecule has 1 rings (SSSR count). The van der Waals surface area contributed by atoms with Gasteiger partial charge in [0.15, 0.2) is 5.69 Å². The van der Waals surface area contributed by atoms with Crippen molar-refractivity contribution in [2.75, 3.05) is 0 Å². The van der Waals surface area contributed by atoms with Crippen LogP contribution >= 0.6 is 0 Å². The number of hydrogen-bond acceptors (Lipinski definition) is 3. The standard InChI is InChI=1S/C9H6F5NO3/c10-8(11)3-1-5(16)7(9(12,13)14)15-4(3)2-6(17)18/h1,8,16H,2H2,(H,17,18). The summed E-state index contributed by atoms with van der Waals surface area (Å²) < 4.78 is 61.9. The van der Waals surface area contributed by atoms with Gasteiger partial charge in [-0.25, -0.2) is 13.8 Å². The Hall–Kier alpha value is -1.93. The maximum atomic E-state index is 12.5. The number of carboxylic acids is 1. The van der Waals surface area contributed by atoms with Gasteiger partial charge in [0.25, 0.3) is 6.43 Å². The molecule has 0 aliphatic heterocycles. The molecule has 4 nitrogen and oxygen atoms in total. The Labute approximate surface area is 96.7 Å². The molecule has 0 unspecified atom stereocenters. The molecule has 0 aromatic carbocycles. The molecule has 1 aromatic rings. The van der Waals surface area contributed by atoms with E-state index in [4.69, 9.17) is 10.2 Å². The Morgan fingerprint density at radius 2 is 1.94 bits per heavy atom. The van der Waals surface area contributed by atoms with Crippen molar-refractivity contribution in [1.29, 1.82) is 0 Å². The van der Waals surface area contributed by atoms with E-state index in [-0.39, 0.29) is 6.07 Å². The number of carboxylic acid groups (broad SMARTS) is 1. The molecule has 0 amide bonds. The molecule has 2 N–H and O–H groups in total. The van der Waals surface area contributed by atoms with E-state index in [1.807, 2.05) is 0 Å². The minimum atomic E-state index is -5.06. The van der Waals surface area contributed by atoms with E-state index in [1.54, 1.807) is 0 Å². The molecule has 0 aliphatic rings. The maximum Gasteiger partial charge on any atom is 0.437 e. The van der Waals surface area contributed by atoms with Gasteiger partial charge in [0.05, 0.1) is 12.1 Å². The molecule has 0 saturated heterocycles. The smallest absolute Gasteiger partial charge is 0.437 e. The second kappa shape index (κ2) is 4.75.